The average Bonchev–Trinajstić information content (AvgIpc) is 2.61. The summed E-state index contributed by atoms with van der Waals surface area (Å²) in [6.45, 7) is 8.77. The Labute approximate surface area is 145 Å². The van der Waals surface area contributed by atoms with E-state index in [1.54, 1.807) is 6.92 Å². The summed E-state index contributed by atoms with van der Waals surface area (Å²) >= 11 is 0. The number of aliphatic hydroxyl groups is 2. The van der Waals surface area contributed by atoms with Crippen LogP contribution in [0.2, 0.25) is 0 Å². The molecule has 5 heteroatoms. The van der Waals surface area contributed by atoms with Gasteiger partial charge in [-0.2, -0.15) is 0 Å². The maximum absolute atomic E-state index is 11.7. The highest BCUT2D eigenvalue weighted by Crippen LogP contribution is 2.55. The van der Waals surface area contributed by atoms with Crippen LogP contribution >= 0.6 is 0 Å². The van der Waals surface area contributed by atoms with Crippen LogP contribution in [0.5, 0.6) is 0 Å². The van der Waals surface area contributed by atoms with Gasteiger partial charge in [0, 0.05) is 24.9 Å². The van der Waals surface area contributed by atoms with Crippen molar-refractivity contribution in [3.05, 3.63) is 0 Å². The molecule has 3 rings (SSSR count). The summed E-state index contributed by atoms with van der Waals surface area (Å²) < 4.78 is 17.9. The van der Waals surface area contributed by atoms with Gasteiger partial charge in [-0.15, -0.1) is 0 Å². The fraction of sp³-hybridized carbons (Fsp3) is 1.00. The Morgan fingerprint density at radius 3 is 2.58 bits per heavy atom. The van der Waals surface area contributed by atoms with E-state index >= 15 is 0 Å². The van der Waals surface area contributed by atoms with E-state index in [9.17, 15) is 10.2 Å². The van der Waals surface area contributed by atoms with Crippen molar-refractivity contribution in [2.45, 2.75) is 90.2 Å². The summed E-state index contributed by atoms with van der Waals surface area (Å²) in [7, 11) is 0. The molecule has 0 aromatic carbocycles. The maximum Gasteiger partial charge on any atom is 0.193 e. The Hall–Kier alpha value is -0.200. The van der Waals surface area contributed by atoms with Crippen molar-refractivity contribution in [3.63, 3.8) is 0 Å². The van der Waals surface area contributed by atoms with E-state index in [0.29, 0.717) is 18.9 Å². The van der Waals surface area contributed by atoms with Gasteiger partial charge in [0.25, 0.3) is 0 Å². The van der Waals surface area contributed by atoms with E-state index < -0.39 is 17.7 Å². The molecule has 2 aliphatic heterocycles. The fourth-order valence-electron chi connectivity index (χ4n) is 5.07. The van der Waals surface area contributed by atoms with Gasteiger partial charge in [-0.05, 0) is 44.4 Å². The zero-order valence-corrected chi connectivity index (χ0v) is 15.5. The second-order valence-corrected chi connectivity index (χ2v) is 8.41. The normalized spacial score (nSPS) is 51.8. The predicted molar refractivity (Wildman–Crippen MR) is 90.0 cm³/mol. The Morgan fingerprint density at radius 1 is 1.12 bits per heavy atom. The molecule has 2 saturated heterocycles. The zero-order valence-electron chi connectivity index (χ0n) is 15.5. The number of hydrogen-bond acceptors (Lipinski definition) is 5. The largest absolute Gasteiger partial charge is 0.384 e. The molecular weight excluding hydrogens is 308 g/mol. The molecule has 2 N–H and O–H groups in total. The first-order valence-electron chi connectivity index (χ1n) is 9.69. The SMILES string of the molecule is CCCCOC1OC2OC(C)(O)CCC3C(C)CCC(C1C)C23O. The summed E-state index contributed by atoms with van der Waals surface area (Å²) in [5.41, 5.74) is -1.04. The molecule has 24 heavy (non-hydrogen) atoms. The van der Waals surface area contributed by atoms with E-state index in [1.165, 1.54) is 0 Å². The Kier molecular flexibility index (Phi) is 5.30. The van der Waals surface area contributed by atoms with Crippen LogP contribution in [0.1, 0.15) is 66.2 Å². The molecule has 8 unspecified atom stereocenters. The molecule has 1 aliphatic carbocycles. The first-order chi connectivity index (χ1) is 11.3. The van der Waals surface area contributed by atoms with Gasteiger partial charge in [-0.3, -0.25) is 0 Å². The van der Waals surface area contributed by atoms with Gasteiger partial charge in [-0.25, -0.2) is 0 Å². The molecule has 8 atom stereocenters. The monoisotopic (exact) mass is 342 g/mol. The third-order valence-corrected chi connectivity index (χ3v) is 6.57. The van der Waals surface area contributed by atoms with Gasteiger partial charge in [0.15, 0.2) is 18.4 Å². The van der Waals surface area contributed by atoms with Crippen molar-refractivity contribution < 1.29 is 24.4 Å². The molecule has 0 spiro atoms. The van der Waals surface area contributed by atoms with Crippen LogP contribution in [0.3, 0.4) is 0 Å². The number of hydrogen-bond donors (Lipinski definition) is 2. The standard InChI is InChI=1S/C19H34O5/c1-5-6-11-22-16-13(3)15-8-7-12(2)14-9-10-18(4,20)24-17(23-16)19(14,15)21/h12-17,20-21H,5-11H2,1-4H3. The molecule has 3 fully saturated rings. The fourth-order valence-corrected chi connectivity index (χ4v) is 5.07. The summed E-state index contributed by atoms with van der Waals surface area (Å²) in [5, 5.41) is 22.2. The van der Waals surface area contributed by atoms with Gasteiger partial charge in [0.2, 0.25) is 0 Å². The van der Waals surface area contributed by atoms with Gasteiger partial charge in [0.1, 0.15) is 5.60 Å². The molecule has 140 valence electrons. The van der Waals surface area contributed by atoms with E-state index in [0.717, 1.165) is 32.1 Å². The minimum atomic E-state index is -1.27. The van der Waals surface area contributed by atoms with Gasteiger partial charge in [-0.1, -0.05) is 27.2 Å². The van der Waals surface area contributed by atoms with E-state index in [2.05, 4.69) is 20.8 Å². The predicted octanol–water partition coefficient (Wildman–Crippen LogP) is 3.03. The molecule has 3 aliphatic rings. The lowest BCUT2D eigenvalue weighted by atomic mass is 9.58. The molecular formula is C19H34O5. The molecule has 0 aromatic rings. The van der Waals surface area contributed by atoms with Crippen molar-refractivity contribution in [2.75, 3.05) is 6.61 Å². The summed E-state index contributed by atoms with van der Waals surface area (Å²) in [5.74, 6) is -0.576. The smallest absolute Gasteiger partial charge is 0.193 e. The lowest BCUT2D eigenvalue weighted by molar-refractivity contribution is -0.408. The van der Waals surface area contributed by atoms with Gasteiger partial charge in [0.05, 0.1) is 0 Å². The maximum atomic E-state index is 11.7. The average molecular weight is 342 g/mol. The van der Waals surface area contributed by atoms with Crippen LogP contribution in [0.4, 0.5) is 0 Å². The molecule has 0 radical (unpaired) electrons. The topological polar surface area (TPSA) is 68.2 Å². The highest BCUT2D eigenvalue weighted by Gasteiger charge is 2.63. The minimum absolute atomic E-state index is 0.0815. The minimum Gasteiger partial charge on any atom is -0.384 e. The number of rotatable bonds is 4. The lowest BCUT2D eigenvalue weighted by Crippen LogP contribution is -2.67. The first-order valence-corrected chi connectivity index (χ1v) is 9.69. The highest BCUT2D eigenvalue weighted by atomic mass is 16.8. The third-order valence-electron chi connectivity index (χ3n) is 6.57. The molecule has 2 heterocycles. The molecule has 0 bridgehead atoms. The molecule has 5 nitrogen and oxygen atoms in total. The third kappa shape index (κ3) is 3.14. The summed E-state index contributed by atoms with van der Waals surface area (Å²) in [6, 6.07) is 0. The van der Waals surface area contributed by atoms with Crippen LogP contribution < -0.4 is 0 Å². The van der Waals surface area contributed by atoms with Crippen molar-refractivity contribution in [3.8, 4) is 0 Å². The van der Waals surface area contributed by atoms with Gasteiger partial charge >= 0.3 is 0 Å². The van der Waals surface area contributed by atoms with E-state index in [4.69, 9.17) is 14.2 Å². The summed E-state index contributed by atoms with van der Waals surface area (Å²) in [4.78, 5) is 0. The van der Waals surface area contributed by atoms with Crippen LogP contribution in [0.25, 0.3) is 0 Å². The van der Waals surface area contributed by atoms with Crippen molar-refractivity contribution in [2.24, 2.45) is 23.7 Å². The van der Waals surface area contributed by atoms with Crippen LogP contribution in [0, 0.1) is 23.7 Å². The summed E-state index contributed by atoms with van der Waals surface area (Å²) in [6.07, 6.45) is 4.19. The molecule has 0 amide bonds. The second kappa shape index (κ2) is 6.84. The Bertz CT molecular complexity index is 439. The van der Waals surface area contributed by atoms with Crippen LogP contribution in [-0.2, 0) is 14.2 Å². The number of unbranched alkanes of at least 4 members (excludes halogenated alkanes) is 1. The van der Waals surface area contributed by atoms with Crippen molar-refractivity contribution >= 4 is 0 Å². The number of ether oxygens (including phenoxy) is 3. The second-order valence-electron chi connectivity index (χ2n) is 8.41. The highest BCUT2D eigenvalue weighted by molar-refractivity contribution is 5.06. The molecule has 1 saturated carbocycles. The van der Waals surface area contributed by atoms with Crippen LogP contribution in [0.15, 0.2) is 0 Å². The van der Waals surface area contributed by atoms with E-state index in [1.807, 2.05) is 0 Å². The van der Waals surface area contributed by atoms with Crippen molar-refractivity contribution in [1.29, 1.82) is 0 Å². The Morgan fingerprint density at radius 2 is 1.88 bits per heavy atom. The lowest BCUT2D eigenvalue weighted by Gasteiger charge is -2.57. The van der Waals surface area contributed by atoms with Crippen molar-refractivity contribution in [1.82, 2.24) is 0 Å². The quantitative estimate of drug-likeness (QED) is 0.769. The van der Waals surface area contributed by atoms with E-state index in [-0.39, 0.29) is 24.0 Å². The van der Waals surface area contributed by atoms with Crippen LogP contribution in [-0.4, -0.2) is 40.8 Å². The Balaban J connectivity index is 1.88. The molecule has 0 aromatic heterocycles. The first kappa shape index (κ1) is 18.6. The zero-order chi connectivity index (χ0) is 17.5. The van der Waals surface area contributed by atoms with Gasteiger partial charge < -0.3 is 24.4 Å².